The van der Waals surface area contributed by atoms with E-state index in [0.29, 0.717) is 52.2 Å². The zero-order valence-electron chi connectivity index (χ0n) is 12.2. The monoisotopic (exact) mass is 297 g/mol. The first-order valence-electron chi connectivity index (χ1n) is 6.33. The predicted molar refractivity (Wildman–Crippen MR) is 73.1 cm³/mol. The molecule has 0 spiro atoms. The molecule has 0 fully saturated rings. The van der Waals surface area contributed by atoms with Gasteiger partial charge in [0.25, 0.3) is 0 Å². The fourth-order valence-electron chi connectivity index (χ4n) is 1.36. The summed E-state index contributed by atoms with van der Waals surface area (Å²) in [6.07, 6.45) is 0. The van der Waals surface area contributed by atoms with Crippen LogP contribution in [-0.4, -0.2) is 76.3 Å². The summed E-state index contributed by atoms with van der Waals surface area (Å²) in [5, 5.41) is 0. The minimum atomic E-state index is -2.77. The number of ether oxygens (including phenoxy) is 3. The molecule has 0 amide bonds. The lowest BCUT2D eigenvalue weighted by atomic mass is 10.8. The summed E-state index contributed by atoms with van der Waals surface area (Å²) in [7, 11) is 2.08. The third kappa shape index (κ3) is 9.47. The molecular formula is C11H27NO6Si. The maximum atomic E-state index is 5.78. The van der Waals surface area contributed by atoms with Gasteiger partial charge in [0, 0.05) is 27.4 Å². The van der Waals surface area contributed by atoms with Gasteiger partial charge in [0.15, 0.2) is 0 Å². The Bertz CT molecular complexity index is 171. The van der Waals surface area contributed by atoms with Gasteiger partial charge < -0.3 is 33.2 Å². The Balaban J connectivity index is 4.37. The molecule has 0 aliphatic heterocycles. The van der Waals surface area contributed by atoms with Crippen LogP contribution < -0.4 is 5.73 Å². The maximum absolute atomic E-state index is 5.78. The minimum absolute atomic E-state index is 0.419. The van der Waals surface area contributed by atoms with E-state index in [0.717, 1.165) is 0 Å². The van der Waals surface area contributed by atoms with Gasteiger partial charge >= 0.3 is 8.80 Å². The quantitative estimate of drug-likeness (QED) is 0.353. The summed E-state index contributed by atoms with van der Waals surface area (Å²) in [6.45, 7) is 3.16. The zero-order chi connectivity index (χ0) is 14.4. The van der Waals surface area contributed by atoms with Crippen LogP contribution in [0, 0.1) is 0 Å². The van der Waals surface area contributed by atoms with Gasteiger partial charge in [-0.2, -0.15) is 0 Å². The third-order valence-corrected chi connectivity index (χ3v) is 5.11. The van der Waals surface area contributed by atoms with Crippen molar-refractivity contribution < 1.29 is 27.5 Å². The second kappa shape index (κ2) is 12.9. The molecule has 0 radical (unpaired) electrons. The predicted octanol–water partition coefficient (Wildman–Crippen LogP) is -0.127. The Kier molecular flexibility index (Phi) is 12.9. The lowest BCUT2D eigenvalue weighted by molar-refractivity contribution is 0.0150. The van der Waals surface area contributed by atoms with Crippen LogP contribution in [0.5, 0.6) is 0 Å². The van der Waals surface area contributed by atoms with Gasteiger partial charge in [0.05, 0.1) is 39.6 Å². The third-order valence-electron chi connectivity index (χ3n) is 2.28. The Labute approximate surface area is 116 Å². The fraction of sp³-hybridized carbons (Fsp3) is 1.00. The molecule has 0 bridgehead atoms. The standard InChI is InChI=1S/C11H27NO6Si/c1-13-5-8-16-19(11-4-12,17-9-6-14-2)18-10-7-15-3/h4-12H2,1-3H3. The first kappa shape index (κ1) is 18.9. The van der Waals surface area contributed by atoms with Gasteiger partial charge in [-0.25, -0.2) is 0 Å². The molecule has 0 atom stereocenters. The van der Waals surface area contributed by atoms with Crippen LogP contribution in [0.3, 0.4) is 0 Å². The summed E-state index contributed by atoms with van der Waals surface area (Å²) in [4.78, 5) is 0. The molecule has 0 heterocycles. The molecule has 7 nitrogen and oxygen atoms in total. The van der Waals surface area contributed by atoms with E-state index in [2.05, 4.69) is 0 Å². The Morgan fingerprint density at radius 3 is 1.32 bits per heavy atom. The van der Waals surface area contributed by atoms with Crippen LogP contribution in [0.15, 0.2) is 0 Å². The van der Waals surface area contributed by atoms with E-state index < -0.39 is 8.80 Å². The van der Waals surface area contributed by atoms with E-state index >= 15 is 0 Å². The van der Waals surface area contributed by atoms with Crippen LogP contribution in [0.2, 0.25) is 6.04 Å². The van der Waals surface area contributed by atoms with E-state index in [-0.39, 0.29) is 0 Å². The Hall–Kier alpha value is -0.0631. The molecule has 0 aromatic heterocycles. The van der Waals surface area contributed by atoms with Crippen LogP contribution in [0.1, 0.15) is 0 Å². The molecule has 0 aliphatic carbocycles. The molecule has 0 saturated carbocycles. The van der Waals surface area contributed by atoms with Crippen molar-refractivity contribution in [3.63, 3.8) is 0 Å². The highest BCUT2D eigenvalue weighted by molar-refractivity contribution is 6.60. The highest BCUT2D eigenvalue weighted by Crippen LogP contribution is 2.15. The van der Waals surface area contributed by atoms with E-state index in [4.69, 9.17) is 33.2 Å². The number of hydrogen-bond donors (Lipinski definition) is 1. The Morgan fingerprint density at radius 2 is 1.05 bits per heavy atom. The molecule has 0 aliphatic rings. The molecule has 19 heavy (non-hydrogen) atoms. The molecule has 0 saturated heterocycles. The van der Waals surface area contributed by atoms with Crippen LogP contribution >= 0.6 is 0 Å². The molecular weight excluding hydrogens is 270 g/mol. The highest BCUT2D eigenvalue weighted by atomic mass is 28.4. The molecule has 116 valence electrons. The van der Waals surface area contributed by atoms with Gasteiger partial charge in [-0.15, -0.1) is 0 Å². The van der Waals surface area contributed by atoms with Crippen molar-refractivity contribution in [1.82, 2.24) is 0 Å². The smallest absolute Gasteiger partial charge is 0.382 e. The molecule has 0 aromatic carbocycles. The van der Waals surface area contributed by atoms with E-state index in [1.54, 1.807) is 21.3 Å². The van der Waals surface area contributed by atoms with Crippen LogP contribution in [0.4, 0.5) is 0 Å². The van der Waals surface area contributed by atoms with Gasteiger partial charge in [-0.3, -0.25) is 0 Å². The van der Waals surface area contributed by atoms with Gasteiger partial charge in [0.2, 0.25) is 0 Å². The summed E-state index contributed by atoms with van der Waals surface area (Å²) >= 11 is 0. The second-order valence-electron chi connectivity index (χ2n) is 3.75. The molecule has 0 aromatic rings. The number of rotatable bonds is 14. The summed E-state index contributed by atoms with van der Waals surface area (Å²) < 4.78 is 32.3. The lowest BCUT2D eigenvalue weighted by Gasteiger charge is -2.29. The van der Waals surface area contributed by atoms with E-state index in [1.807, 2.05) is 0 Å². The fourth-order valence-corrected chi connectivity index (χ4v) is 3.58. The maximum Gasteiger partial charge on any atom is 0.502 e. The number of methoxy groups -OCH3 is 3. The summed E-state index contributed by atoms with van der Waals surface area (Å²) in [6, 6.07) is 0.560. The van der Waals surface area contributed by atoms with Crippen molar-refractivity contribution >= 4 is 8.80 Å². The van der Waals surface area contributed by atoms with Gasteiger partial charge in [0.1, 0.15) is 0 Å². The topological polar surface area (TPSA) is 81.4 Å². The normalized spacial score (nSPS) is 12.0. The first-order chi connectivity index (χ1) is 9.24. The number of nitrogens with two attached hydrogens (primary N) is 1. The molecule has 8 heteroatoms. The first-order valence-corrected chi connectivity index (χ1v) is 8.26. The summed E-state index contributed by atoms with van der Waals surface area (Å²) in [5.74, 6) is 0. The SMILES string of the molecule is COCCO[Si](CCN)(OCCOC)OCCOC. The van der Waals surface area contributed by atoms with Crippen molar-refractivity contribution in [2.45, 2.75) is 6.04 Å². The Morgan fingerprint density at radius 1 is 0.684 bits per heavy atom. The van der Waals surface area contributed by atoms with Crippen LogP contribution in [0.25, 0.3) is 0 Å². The van der Waals surface area contributed by atoms with Gasteiger partial charge in [-0.1, -0.05) is 0 Å². The summed E-state index contributed by atoms with van der Waals surface area (Å²) in [5.41, 5.74) is 5.63. The molecule has 0 unspecified atom stereocenters. The van der Waals surface area contributed by atoms with Crippen LogP contribution in [-0.2, 0) is 27.5 Å². The van der Waals surface area contributed by atoms with Crippen molar-refractivity contribution in [3.05, 3.63) is 0 Å². The largest absolute Gasteiger partial charge is 0.502 e. The highest BCUT2D eigenvalue weighted by Gasteiger charge is 2.40. The lowest BCUT2D eigenvalue weighted by Crippen LogP contribution is -2.49. The number of hydrogen-bond acceptors (Lipinski definition) is 7. The average Bonchev–Trinajstić information content (AvgIpc) is 2.40. The second-order valence-corrected chi connectivity index (χ2v) is 6.48. The van der Waals surface area contributed by atoms with Crippen molar-refractivity contribution in [2.24, 2.45) is 5.73 Å². The minimum Gasteiger partial charge on any atom is -0.382 e. The molecule has 2 N–H and O–H groups in total. The van der Waals surface area contributed by atoms with E-state index in [1.165, 1.54) is 0 Å². The van der Waals surface area contributed by atoms with Crippen molar-refractivity contribution in [2.75, 3.05) is 67.5 Å². The van der Waals surface area contributed by atoms with Crippen molar-refractivity contribution in [1.29, 1.82) is 0 Å². The van der Waals surface area contributed by atoms with E-state index in [9.17, 15) is 0 Å². The average molecular weight is 297 g/mol. The van der Waals surface area contributed by atoms with Gasteiger partial charge in [-0.05, 0) is 6.54 Å². The zero-order valence-corrected chi connectivity index (χ0v) is 13.2. The molecule has 0 rings (SSSR count). The van der Waals surface area contributed by atoms with Crippen molar-refractivity contribution in [3.8, 4) is 0 Å².